The van der Waals surface area contributed by atoms with E-state index in [1.807, 2.05) is 6.92 Å². The molecule has 1 aliphatic carbocycles. The quantitative estimate of drug-likeness (QED) is 0.798. The number of esters is 1. The first kappa shape index (κ1) is 19.2. The Labute approximate surface area is 150 Å². The third-order valence-electron chi connectivity index (χ3n) is 4.16. The Morgan fingerprint density at radius 2 is 2.00 bits per heavy atom. The highest BCUT2D eigenvalue weighted by atomic mass is 35.5. The van der Waals surface area contributed by atoms with Crippen LogP contribution in [0, 0.1) is 11.7 Å². The van der Waals surface area contributed by atoms with Crippen molar-refractivity contribution in [2.24, 2.45) is 5.92 Å². The van der Waals surface area contributed by atoms with E-state index in [0.29, 0.717) is 5.92 Å². The smallest absolute Gasteiger partial charge is 0.341 e. The molecule has 6 nitrogen and oxygen atoms in total. The Morgan fingerprint density at radius 1 is 1.28 bits per heavy atom. The molecule has 0 aromatic heterocycles. The highest BCUT2D eigenvalue weighted by Gasteiger charge is 2.23. The van der Waals surface area contributed by atoms with Crippen molar-refractivity contribution < 1.29 is 23.5 Å². The van der Waals surface area contributed by atoms with Crippen molar-refractivity contribution >= 4 is 29.5 Å². The highest BCUT2D eigenvalue weighted by Crippen LogP contribution is 2.23. The molecule has 3 amide bonds. The molecule has 1 saturated carbocycles. The summed E-state index contributed by atoms with van der Waals surface area (Å²) in [4.78, 5) is 35.3. The number of amides is 3. The fraction of sp³-hybridized carbons (Fsp3) is 0.471. The largest absolute Gasteiger partial charge is 0.452 e. The molecule has 1 aromatic rings. The summed E-state index contributed by atoms with van der Waals surface area (Å²) in [6, 6.07) is 2.81. The van der Waals surface area contributed by atoms with Gasteiger partial charge in [0.2, 0.25) is 0 Å². The second-order valence-corrected chi connectivity index (χ2v) is 6.53. The minimum absolute atomic E-state index is 0.0182. The molecule has 2 N–H and O–H groups in total. The molecule has 25 heavy (non-hydrogen) atoms. The van der Waals surface area contributed by atoms with E-state index in [1.54, 1.807) is 0 Å². The van der Waals surface area contributed by atoms with Gasteiger partial charge in [0.15, 0.2) is 6.61 Å². The van der Waals surface area contributed by atoms with Crippen LogP contribution in [0.15, 0.2) is 18.2 Å². The maximum Gasteiger partial charge on any atom is 0.341 e. The van der Waals surface area contributed by atoms with Gasteiger partial charge in [-0.25, -0.2) is 14.0 Å². The first-order chi connectivity index (χ1) is 11.9. The van der Waals surface area contributed by atoms with E-state index in [0.717, 1.165) is 37.8 Å². The van der Waals surface area contributed by atoms with Crippen molar-refractivity contribution in [1.82, 2.24) is 10.6 Å². The van der Waals surface area contributed by atoms with Crippen LogP contribution in [-0.2, 0) is 9.53 Å². The molecule has 0 bridgehead atoms. The minimum atomic E-state index is -1.03. The lowest BCUT2D eigenvalue weighted by atomic mass is 9.86. The van der Waals surface area contributed by atoms with Gasteiger partial charge in [-0.2, -0.15) is 0 Å². The van der Waals surface area contributed by atoms with Crippen LogP contribution < -0.4 is 10.6 Å². The Hall–Kier alpha value is -2.15. The number of rotatable bonds is 4. The van der Waals surface area contributed by atoms with Gasteiger partial charge in [0.1, 0.15) is 5.82 Å². The number of carbonyl (C=O) groups excluding carboxylic acids is 3. The van der Waals surface area contributed by atoms with E-state index in [9.17, 15) is 18.8 Å². The molecule has 1 aromatic carbocycles. The summed E-state index contributed by atoms with van der Waals surface area (Å²) in [6.07, 6.45) is 4.06. The number of nitrogens with one attached hydrogen (secondary N) is 2. The summed E-state index contributed by atoms with van der Waals surface area (Å²) >= 11 is 5.69. The van der Waals surface area contributed by atoms with Gasteiger partial charge in [0.25, 0.3) is 5.91 Å². The summed E-state index contributed by atoms with van der Waals surface area (Å²) in [5.41, 5.74) is -0.374. The van der Waals surface area contributed by atoms with Crippen molar-refractivity contribution in [3.05, 3.63) is 34.6 Å². The molecule has 0 spiro atoms. The first-order valence-electron chi connectivity index (χ1n) is 8.09. The van der Waals surface area contributed by atoms with Crippen molar-refractivity contribution in [2.45, 2.75) is 38.6 Å². The SMILES string of the molecule is C[C@@H]1CCCC[C@@H]1NC(=O)NC(=O)COC(=O)c1cc(Cl)ccc1F. The van der Waals surface area contributed by atoms with E-state index < -0.39 is 30.3 Å². The number of hydrogen-bond acceptors (Lipinski definition) is 4. The maximum absolute atomic E-state index is 13.5. The normalized spacial score (nSPS) is 19.8. The van der Waals surface area contributed by atoms with E-state index in [4.69, 9.17) is 16.3 Å². The van der Waals surface area contributed by atoms with E-state index in [1.165, 1.54) is 6.07 Å². The molecule has 0 heterocycles. The van der Waals surface area contributed by atoms with Crippen molar-refractivity contribution in [3.8, 4) is 0 Å². The Kier molecular flexibility index (Phi) is 6.75. The number of hydrogen-bond donors (Lipinski definition) is 2. The predicted molar refractivity (Wildman–Crippen MR) is 89.8 cm³/mol. The predicted octanol–water partition coefficient (Wildman–Crippen LogP) is 3.04. The van der Waals surface area contributed by atoms with Crippen LogP contribution in [0.1, 0.15) is 43.0 Å². The molecular weight excluding hydrogens is 351 g/mol. The third kappa shape index (κ3) is 5.70. The number of benzene rings is 1. The molecular formula is C17H20ClFN2O4. The lowest BCUT2D eigenvalue weighted by Crippen LogP contribution is -2.48. The van der Waals surface area contributed by atoms with Gasteiger partial charge >= 0.3 is 12.0 Å². The Morgan fingerprint density at radius 3 is 2.72 bits per heavy atom. The van der Waals surface area contributed by atoms with Gasteiger partial charge in [-0.1, -0.05) is 31.4 Å². The fourth-order valence-corrected chi connectivity index (χ4v) is 2.93. The molecule has 1 aliphatic rings. The van der Waals surface area contributed by atoms with Crippen LogP contribution in [0.4, 0.5) is 9.18 Å². The lowest BCUT2D eigenvalue weighted by molar-refractivity contribution is -0.123. The van der Waals surface area contributed by atoms with E-state index in [-0.39, 0.29) is 16.6 Å². The summed E-state index contributed by atoms with van der Waals surface area (Å²) in [7, 11) is 0. The van der Waals surface area contributed by atoms with Crippen LogP contribution in [-0.4, -0.2) is 30.6 Å². The second kappa shape index (κ2) is 8.80. The van der Waals surface area contributed by atoms with Crippen LogP contribution in [0.2, 0.25) is 5.02 Å². The van der Waals surface area contributed by atoms with Crippen LogP contribution in [0.5, 0.6) is 0 Å². The Balaban J connectivity index is 1.79. The average Bonchev–Trinajstić information content (AvgIpc) is 2.57. The Bertz CT molecular complexity index is 668. The molecule has 0 saturated heterocycles. The minimum Gasteiger partial charge on any atom is -0.452 e. The average molecular weight is 371 g/mol. The second-order valence-electron chi connectivity index (χ2n) is 6.09. The van der Waals surface area contributed by atoms with Crippen LogP contribution in [0.25, 0.3) is 0 Å². The highest BCUT2D eigenvalue weighted by molar-refractivity contribution is 6.30. The van der Waals surface area contributed by atoms with Gasteiger partial charge in [0, 0.05) is 11.1 Å². The van der Waals surface area contributed by atoms with E-state index >= 15 is 0 Å². The summed E-state index contributed by atoms with van der Waals surface area (Å²) in [5, 5.41) is 5.01. The zero-order valence-corrected chi connectivity index (χ0v) is 14.6. The number of halogens is 2. The zero-order valence-electron chi connectivity index (χ0n) is 13.8. The number of ether oxygens (including phenoxy) is 1. The molecule has 2 rings (SSSR count). The van der Waals surface area contributed by atoms with Gasteiger partial charge in [-0.3, -0.25) is 10.1 Å². The fourth-order valence-electron chi connectivity index (χ4n) is 2.76. The van der Waals surface area contributed by atoms with Gasteiger partial charge in [-0.05, 0) is 37.0 Å². The molecule has 136 valence electrons. The third-order valence-corrected chi connectivity index (χ3v) is 4.40. The summed E-state index contributed by atoms with van der Waals surface area (Å²) in [6.45, 7) is 1.35. The molecule has 0 radical (unpaired) electrons. The van der Waals surface area contributed by atoms with Crippen LogP contribution in [0.3, 0.4) is 0 Å². The molecule has 8 heteroatoms. The van der Waals surface area contributed by atoms with E-state index in [2.05, 4.69) is 10.6 Å². The summed E-state index contributed by atoms with van der Waals surface area (Å²) in [5.74, 6) is -2.29. The monoisotopic (exact) mass is 370 g/mol. The molecule has 2 atom stereocenters. The maximum atomic E-state index is 13.5. The summed E-state index contributed by atoms with van der Waals surface area (Å²) < 4.78 is 18.2. The first-order valence-corrected chi connectivity index (χ1v) is 8.47. The van der Waals surface area contributed by atoms with Crippen molar-refractivity contribution in [2.75, 3.05) is 6.61 Å². The van der Waals surface area contributed by atoms with Crippen LogP contribution >= 0.6 is 11.6 Å². The van der Waals surface area contributed by atoms with Gasteiger partial charge < -0.3 is 10.1 Å². The molecule has 1 fully saturated rings. The topological polar surface area (TPSA) is 84.5 Å². The van der Waals surface area contributed by atoms with Gasteiger partial charge in [0.05, 0.1) is 5.56 Å². The lowest BCUT2D eigenvalue weighted by Gasteiger charge is -2.29. The van der Waals surface area contributed by atoms with Crippen molar-refractivity contribution in [1.29, 1.82) is 0 Å². The zero-order chi connectivity index (χ0) is 18.4. The molecule has 0 unspecified atom stereocenters. The number of carbonyl (C=O) groups is 3. The number of urea groups is 1. The standard InChI is InChI=1S/C17H20ClFN2O4/c1-10-4-2-3-5-14(10)20-17(24)21-15(22)9-25-16(23)12-8-11(18)6-7-13(12)19/h6-8,10,14H,2-5,9H2,1H3,(H2,20,21,22,24)/t10-,14+/m1/s1. The molecule has 0 aliphatic heterocycles. The van der Waals surface area contributed by atoms with Crippen molar-refractivity contribution in [3.63, 3.8) is 0 Å². The number of imide groups is 1. The van der Waals surface area contributed by atoms with Gasteiger partial charge in [-0.15, -0.1) is 0 Å².